The zero-order valence-corrected chi connectivity index (χ0v) is 12.6. The molecule has 1 heterocycles. The highest BCUT2D eigenvalue weighted by atomic mass is 16.7. The number of hydrogen-bond donors (Lipinski definition) is 2. The summed E-state index contributed by atoms with van der Waals surface area (Å²) in [6, 6.07) is 9.73. The molecule has 1 aromatic carbocycles. The van der Waals surface area contributed by atoms with Crippen molar-refractivity contribution in [2.75, 3.05) is 13.2 Å². The van der Waals surface area contributed by atoms with Crippen LogP contribution < -0.4 is 0 Å². The van der Waals surface area contributed by atoms with E-state index >= 15 is 0 Å². The number of carboxylic acid groups (broad SMARTS) is 1. The molecule has 3 atom stereocenters. The molecule has 0 saturated heterocycles. The number of carbonyl (C=O) groups is 1. The molecule has 0 radical (unpaired) electrons. The number of allylic oxidation sites excluding steroid dienone is 1. The lowest BCUT2D eigenvalue weighted by atomic mass is 9.80. The summed E-state index contributed by atoms with van der Waals surface area (Å²) >= 11 is 0. The van der Waals surface area contributed by atoms with E-state index in [1.54, 1.807) is 6.08 Å². The maximum absolute atomic E-state index is 11.3. The zero-order chi connectivity index (χ0) is 15.9. The van der Waals surface area contributed by atoms with Gasteiger partial charge in [-0.3, -0.25) is 0 Å². The molecule has 120 valence electrons. The van der Waals surface area contributed by atoms with Crippen LogP contribution in [0.3, 0.4) is 0 Å². The van der Waals surface area contributed by atoms with Gasteiger partial charge in [0, 0.05) is 25.0 Å². The Labute approximate surface area is 130 Å². The molecule has 0 unspecified atom stereocenters. The third-order valence-corrected chi connectivity index (χ3v) is 3.81. The summed E-state index contributed by atoms with van der Waals surface area (Å²) in [7, 11) is 0. The minimum Gasteiger partial charge on any atom is -0.475 e. The standard InChI is InChI=1S/C17H22O5/c1-2-21-17-13(9-6-10-18)14(11-15(22-17)16(19)20)12-7-4-3-5-8-12/h3-5,7-8,11,13-14,17-18H,2,6,9-10H2,1H3,(H,19,20)/t13-,14+,17+/m0/s1. The molecule has 0 spiro atoms. The number of aliphatic hydroxyl groups excluding tert-OH is 1. The summed E-state index contributed by atoms with van der Waals surface area (Å²) in [5, 5.41) is 18.4. The number of hydrogen-bond acceptors (Lipinski definition) is 4. The Morgan fingerprint density at radius 3 is 2.64 bits per heavy atom. The molecule has 0 saturated carbocycles. The molecule has 2 N–H and O–H groups in total. The Morgan fingerprint density at radius 2 is 2.05 bits per heavy atom. The van der Waals surface area contributed by atoms with E-state index in [2.05, 4.69) is 0 Å². The van der Waals surface area contributed by atoms with Crippen LogP contribution in [-0.2, 0) is 14.3 Å². The van der Waals surface area contributed by atoms with E-state index in [9.17, 15) is 9.90 Å². The quantitative estimate of drug-likeness (QED) is 0.809. The summed E-state index contributed by atoms with van der Waals surface area (Å²) in [6.07, 6.45) is 2.36. The fraction of sp³-hybridized carbons (Fsp3) is 0.471. The zero-order valence-electron chi connectivity index (χ0n) is 12.6. The van der Waals surface area contributed by atoms with Gasteiger partial charge in [0.1, 0.15) is 0 Å². The van der Waals surface area contributed by atoms with Crippen molar-refractivity contribution >= 4 is 5.97 Å². The molecule has 5 heteroatoms. The third-order valence-electron chi connectivity index (χ3n) is 3.81. The number of benzene rings is 1. The molecule has 2 rings (SSSR count). The first-order chi connectivity index (χ1) is 10.7. The number of rotatable bonds is 7. The predicted molar refractivity (Wildman–Crippen MR) is 81.2 cm³/mol. The van der Waals surface area contributed by atoms with E-state index in [0.29, 0.717) is 19.4 Å². The number of carboxylic acids is 1. The summed E-state index contributed by atoms with van der Waals surface area (Å²) in [5.74, 6) is -1.31. The smallest absolute Gasteiger partial charge is 0.370 e. The highest BCUT2D eigenvalue weighted by Gasteiger charge is 2.37. The maximum Gasteiger partial charge on any atom is 0.370 e. The first-order valence-corrected chi connectivity index (χ1v) is 7.56. The molecule has 0 aromatic heterocycles. The van der Waals surface area contributed by atoms with Crippen LogP contribution in [0.25, 0.3) is 0 Å². The van der Waals surface area contributed by atoms with Gasteiger partial charge in [-0.15, -0.1) is 0 Å². The Morgan fingerprint density at radius 1 is 1.32 bits per heavy atom. The lowest BCUT2D eigenvalue weighted by Crippen LogP contribution is -2.36. The summed E-state index contributed by atoms with van der Waals surface area (Å²) in [4.78, 5) is 11.3. The van der Waals surface area contributed by atoms with Crippen LogP contribution in [0.2, 0.25) is 0 Å². The Kier molecular flexibility index (Phi) is 5.98. The second-order valence-corrected chi connectivity index (χ2v) is 5.24. The van der Waals surface area contributed by atoms with Gasteiger partial charge < -0.3 is 19.7 Å². The molecule has 1 aliphatic heterocycles. The molecule has 0 bridgehead atoms. The van der Waals surface area contributed by atoms with E-state index in [-0.39, 0.29) is 24.2 Å². The van der Waals surface area contributed by atoms with Crippen LogP contribution >= 0.6 is 0 Å². The average Bonchev–Trinajstić information content (AvgIpc) is 2.54. The van der Waals surface area contributed by atoms with Crippen LogP contribution in [0, 0.1) is 5.92 Å². The molecule has 0 aliphatic carbocycles. The fourth-order valence-corrected chi connectivity index (χ4v) is 2.81. The second kappa shape index (κ2) is 7.96. The Hall–Kier alpha value is -1.85. The van der Waals surface area contributed by atoms with Gasteiger partial charge in [0.05, 0.1) is 0 Å². The van der Waals surface area contributed by atoms with Gasteiger partial charge in [0.2, 0.25) is 12.0 Å². The maximum atomic E-state index is 11.3. The van der Waals surface area contributed by atoms with Gasteiger partial charge >= 0.3 is 5.97 Å². The van der Waals surface area contributed by atoms with Gasteiger partial charge in [0.15, 0.2) is 0 Å². The van der Waals surface area contributed by atoms with Gasteiger partial charge in [0.25, 0.3) is 0 Å². The number of ether oxygens (including phenoxy) is 2. The molecule has 0 amide bonds. The van der Waals surface area contributed by atoms with Crippen molar-refractivity contribution in [2.45, 2.75) is 32.0 Å². The average molecular weight is 306 g/mol. The minimum absolute atomic E-state index is 0.0300. The van der Waals surface area contributed by atoms with Crippen molar-refractivity contribution < 1.29 is 24.5 Å². The molecular formula is C17H22O5. The number of aliphatic hydroxyl groups is 1. The van der Waals surface area contributed by atoms with E-state index in [1.165, 1.54) is 0 Å². The lowest BCUT2D eigenvalue weighted by Gasteiger charge is -2.36. The Balaban J connectivity index is 2.36. The van der Waals surface area contributed by atoms with Crippen LogP contribution in [0.4, 0.5) is 0 Å². The molecular weight excluding hydrogens is 284 g/mol. The van der Waals surface area contributed by atoms with Crippen molar-refractivity contribution in [3.8, 4) is 0 Å². The van der Waals surface area contributed by atoms with Gasteiger partial charge in [-0.05, 0) is 31.4 Å². The van der Waals surface area contributed by atoms with Crippen LogP contribution in [-0.4, -0.2) is 35.7 Å². The molecule has 0 fully saturated rings. The highest BCUT2D eigenvalue weighted by Crippen LogP contribution is 2.39. The first-order valence-electron chi connectivity index (χ1n) is 7.56. The summed E-state index contributed by atoms with van der Waals surface area (Å²) in [5.41, 5.74) is 1.03. The monoisotopic (exact) mass is 306 g/mol. The topological polar surface area (TPSA) is 76.0 Å². The minimum atomic E-state index is -1.09. The van der Waals surface area contributed by atoms with E-state index in [1.807, 2.05) is 37.3 Å². The van der Waals surface area contributed by atoms with Gasteiger partial charge in [-0.1, -0.05) is 30.3 Å². The van der Waals surface area contributed by atoms with Gasteiger partial charge in [-0.2, -0.15) is 0 Å². The third kappa shape index (κ3) is 3.87. The molecule has 22 heavy (non-hydrogen) atoms. The molecule has 1 aliphatic rings. The normalized spacial score (nSPS) is 24.5. The summed E-state index contributed by atoms with van der Waals surface area (Å²) < 4.78 is 11.1. The van der Waals surface area contributed by atoms with Crippen molar-refractivity contribution in [3.63, 3.8) is 0 Å². The van der Waals surface area contributed by atoms with E-state index in [4.69, 9.17) is 14.6 Å². The highest BCUT2D eigenvalue weighted by molar-refractivity contribution is 5.84. The van der Waals surface area contributed by atoms with Crippen molar-refractivity contribution in [1.82, 2.24) is 0 Å². The summed E-state index contributed by atoms with van der Waals surface area (Å²) in [6.45, 7) is 2.38. The van der Waals surface area contributed by atoms with E-state index < -0.39 is 12.3 Å². The van der Waals surface area contributed by atoms with Crippen LogP contribution in [0.15, 0.2) is 42.2 Å². The molecule has 5 nitrogen and oxygen atoms in total. The van der Waals surface area contributed by atoms with Crippen molar-refractivity contribution in [1.29, 1.82) is 0 Å². The predicted octanol–water partition coefficient (Wildman–Crippen LogP) is 2.52. The van der Waals surface area contributed by atoms with Crippen molar-refractivity contribution in [3.05, 3.63) is 47.7 Å². The Bertz CT molecular complexity index is 511. The van der Waals surface area contributed by atoms with E-state index in [0.717, 1.165) is 5.56 Å². The van der Waals surface area contributed by atoms with Crippen molar-refractivity contribution in [2.24, 2.45) is 5.92 Å². The largest absolute Gasteiger partial charge is 0.475 e. The van der Waals surface area contributed by atoms with Crippen LogP contribution in [0.5, 0.6) is 0 Å². The first kappa shape index (κ1) is 16.5. The van der Waals surface area contributed by atoms with Gasteiger partial charge in [-0.25, -0.2) is 4.79 Å². The van der Waals surface area contributed by atoms with Crippen LogP contribution in [0.1, 0.15) is 31.2 Å². The SMILES string of the molecule is CCO[C@@H]1OC(C(=O)O)=C[C@H](c2ccccc2)[C@@H]1CCCO. The molecule has 1 aromatic rings. The lowest BCUT2D eigenvalue weighted by molar-refractivity contribution is -0.173. The second-order valence-electron chi connectivity index (χ2n) is 5.24. The fourth-order valence-electron chi connectivity index (χ4n) is 2.81. The number of aliphatic carboxylic acids is 1.